The quantitative estimate of drug-likeness (QED) is 0.621. The molecule has 6 nitrogen and oxygen atoms in total. The van der Waals surface area contributed by atoms with E-state index in [0.717, 1.165) is 11.1 Å². The number of nitrogens with zero attached hydrogens (tertiary/aromatic N) is 3. The normalized spacial score (nSPS) is 13.0. The molecule has 27 heavy (non-hydrogen) atoms. The molecule has 3 aromatic rings. The highest BCUT2D eigenvalue weighted by Gasteiger charge is 2.16. The van der Waals surface area contributed by atoms with Gasteiger partial charge in [0.2, 0.25) is 5.89 Å². The third-order valence-corrected chi connectivity index (χ3v) is 5.68. The van der Waals surface area contributed by atoms with Gasteiger partial charge in [0.1, 0.15) is 0 Å². The molecule has 2 aromatic carbocycles. The summed E-state index contributed by atoms with van der Waals surface area (Å²) in [5.41, 5.74) is 2.16. The maximum atomic E-state index is 11.6. The second kappa shape index (κ2) is 8.02. The molecule has 1 atom stereocenters. The van der Waals surface area contributed by atoms with Crippen LogP contribution in [0.1, 0.15) is 35.8 Å². The van der Waals surface area contributed by atoms with Crippen LogP contribution in [0.2, 0.25) is 0 Å². The van der Waals surface area contributed by atoms with Crippen molar-refractivity contribution < 1.29 is 12.9 Å². The summed E-state index contributed by atoms with van der Waals surface area (Å²) in [6, 6.07) is 17.0. The molecule has 0 aliphatic rings. The van der Waals surface area contributed by atoms with Crippen molar-refractivity contribution in [3.05, 3.63) is 77.4 Å². The van der Waals surface area contributed by atoms with E-state index in [9.17, 15) is 8.42 Å². The lowest BCUT2D eigenvalue weighted by Gasteiger charge is -2.23. The molecule has 0 bridgehead atoms. The number of hydrogen-bond acceptors (Lipinski definition) is 6. The van der Waals surface area contributed by atoms with Gasteiger partial charge in [-0.05, 0) is 37.2 Å². The van der Waals surface area contributed by atoms with E-state index in [2.05, 4.69) is 22.0 Å². The fourth-order valence-corrected chi connectivity index (χ4v) is 3.43. The van der Waals surface area contributed by atoms with Gasteiger partial charge in [-0.2, -0.15) is 4.98 Å². The molecule has 7 heteroatoms. The summed E-state index contributed by atoms with van der Waals surface area (Å²) >= 11 is 0. The molecule has 0 spiro atoms. The predicted molar refractivity (Wildman–Crippen MR) is 103 cm³/mol. The lowest BCUT2D eigenvalue weighted by molar-refractivity contribution is 0.216. The first-order valence-electron chi connectivity index (χ1n) is 8.68. The SMILES string of the molecule is C[C@H](c1ccc(S(C)(=O)=O)cc1)N(C)Cc1nc(Cc2ccccc2)no1. The number of benzene rings is 2. The largest absolute Gasteiger partial charge is 0.338 e. The van der Waals surface area contributed by atoms with Gasteiger partial charge in [0.25, 0.3) is 0 Å². The lowest BCUT2D eigenvalue weighted by atomic mass is 10.1. The maximum Gasteiger partial charge on any atom is 0.240 e. The average Bonchev–Trinajstić information content (AvgIpc) is 3.08. The van der Waals surface area contributed by atoms with Gasteiger partial charge in [-0.3, -0.25) is 4.90 Å². The topological polar surface area (TPSA) is 76.3 Å². The fourth-order valence-electron chi connectivity index (χ4n) is 2.80. The number of sulfone groups is 1. The molecule has 0 aliphatic heterocycles. The lowest BCUT2D eigenvalue weighted by Crippen LogP contribution is -2.22. The molecular formula is C20H23N3O3S. The van der Waals surface area contributed by atoms with E-state index in [-0.39, 0.29) is 6.04 Å². The van der Waals surface area contributed by atoms with Gasteiger partial charge < -0.3 is 4.52 Å². The third kappa shape index (κ3) is 5.02. The minimum Gasteiger partial charge on any atom is -0.338 e. The summed E-state index contributed by atoms with van der Waals surface area (Å²) in [4.78, 5) is 6.87. The van der Waals surface area contributed by atoms with Crippen molar-refractivity contribution in [1.82, 2.24) is 15.0 Å². The van der Waals surface area contributed by atoms with Gasteiger partial charge in [-0.15, -0.1) is 0 Å². The Hall–Kier alpha value is -2.51. The Kier molecular flexibility index (Phi) is 5.72. The first-order valence-corrected chi connectivity index (χ1v) is 10.6. The van der Waals surface area contributed by atoms with E-state index in [1.807, 2.05) is 49.5 Å². The van der Waals surface area contributed by atoms with E-state index in [1.54, 1.807) is 12.1 Å². The van der Waals surface area contributed by atoms with E-state index in [1.165, 1.54) is 6.26 Å². The summed E-state index contributed by atoms with van der Waals surface area (Å²) in [6.45, 7) is 2.56. The van der Waals surface area contributed by atoms with Crippen molar-refractivity contribution in [2.24, 2.45) is 0 Å². The van der Waals surface area contributed by atoms with Crippen LogP contribution in [0.25, 0.3) is 0 Å². The zero-order valence-corrected chi connectivity index (χ0v) is 16.5. The van der Waals surface area contributed by atoms with Crippen LogP contribution >= 0.6 is 0 Å². The number of hydrogen-bond donors (Lipinski definition) is 0. The van der Waals surface area contributed by atoms with E-state index in [4.69, 9.17) is 4.52 Å². The monoisotopic (exact) mass is 385 g/mol. The highest BCUT2D eigenvalue weighted by atomic mass is 32.2. The van der Waals surface area contributed by atoms with Crippen molar-refractivity contribution in [2.45, 2.75) is 30.8 Å². The second-order valence-electron chi connectivity index (χ2n) is 6.70. The zero-order valence-electron chi connectivity index (χ0n) is 15.7. The first-order chi connectivity index (χ1) is 12.8. The number of rotatable bonds is 7. The third-order valence-electron chi connectivity index (χ3n) is 4.55. The van der Waals surface area contributed by atoms with Crippen molar-refractivity contribution in [3.8, 4) is 0 Å². The molecule has 3 rings (SSSR count). The summed E-state index contributed by atoms with van der Waals surface area (Å²) in [5, 5.41) is 4.06. The van der Waals surface area contributed by atoms with Crippen molar-refractivity contribution in [1.29, 1.82) is 0 Å². The van der Waals surface area contributed by atoms with Crippen molar-refractivity contribution in [3.63, 3.8) is 0 Å². The molecule has 0 amide bonds. The highest BCUT2D eigenvalue weighted by Crippen LogP contribution is 2.22. The summed E-state index contributed by atoms with van der Waals surface area (Å²) in [5.74, 6) is 1.22. The average molecular weight is 385 g/mol. The van der Waals surface area contributed by atoms with Gasteiger partial charge in [0.15, 0.2) is 15.7 Å². The van der Waals surface area contributed by atoms with Gasteiger partial charge in [-0.1, -0.05) is 47.6 Å². The molecular weight excluding hydrogens is 362 g/mol. The fraction of sp³-hybridized carbons (Fsp3) is 0.300. The number of aromatic nitrogens is 2. The Morgan fingerprint density at radius 3 is 2.37 bits per heavy atom. The Bertz CT molecular complexity index is 983. The summed E-state index contributed by atoms with van der Waals surface area (Å²) in [6.07, 6.45) is 1.84. The van der Waals surface area contributed by atoms with Crippen LogP contribution < -0.4 is 0 Å². The Balaban J connectivity index is 1.64. The van der Waals surface area contributed by atoms with Gasteiger partial charge in [0, 0.05) is 18.7 Å². The first kappa shape index (κ1) is 19.3. The Labute approximate surface area is 159 Å². The van der Waals surface area contributed by atoms with Crippen LogP contribution in [0.4, 0.5) is 0 Å². The molecule has 1 heterocycles. The summed E-state index contributed by atoms with van der Waals surface area (Å²) < 4.78 is 28.5. The van der Waals surface area contributed by atoms with Crippen molar-refractivity contribution >= 4 is 9.84 Å². The molecule has 142 valence electrons. The smallest absolute Gasteiger partial charge is 0.240 e. The maximum absolute atomic E-state index is 11.6. The molecule has 0 aliphatic carbocycles. The molecule has 0 saturated carbocycles. The van der Waals surface area contributed by atoms with E-state index in [0.29, 0.717) is 29.6 Å². The summed E-state index contributed by atoms with van der Waals surface area (Å²) in [7, 11) is -1.22. The molecule has 1 aromatic heterocycles. The Morgan fingerprint density at radius 2 is 1.74 bits per heavy atom. The minimum atomic E-state index is -3.18. The minimum absolute atomic E-state index is 0.0723. The van der Waals surface area contributed by atoms with Crippen LogP contribution in [0.3, 0.4) is 0 Å². The van der Waals surface area contributed by atoms with Crippen LogP contribution in [-0.4, -0.2) is 36.8 Å². The van der Waals surface area contributed by atoms with Crippen molar-refractivity contribution in [2.75, 3.05) is 13.3 Å². The second-order valence-corrected chi connectivity index (χ2v) is 8.71. The van der Waals surface area contributed by atoms with Crippen LogP contribution in [0.5, 0.6) is 0 Å². The molecule has 0 saturated heterocycles. The standard InChI is InChI=1S/C20H23N3O3S/c1-15(17-9-11-18(12-10-17)27(3,24)25)23(2)14-20-21-19(22-26-20)13-16-7-5-4-6-8-16/h4-12,15H,13-14H2,1-3H3/t15-/m1/s1. The highest BCUT2D eigenvalue weighted by molar-refractivity contribution is 7.90. The van der Waals surface area contributed by atoms with E-state index >= 15 is 0 Å². The molecule has 0 fully saturated rings. The molecule has 0 radical (unpaired) electrons. The van der Waals surface area contributed by atoms with Gasteiger partial charge >= 0.3 is 0 Å². The van der Waals surface area contributed by atoms with E-state index < -0.39 is 9.84 Å². The van der Waals surface area contributed by atoms with Gasteiger partial charge in [-0.25, -0.2) is 8.42 Å². The molecule has 0 unspecified atom stereocenters. The van der Waals surface area contributed by atoms with Crippen LogP contribution in [-0.2, 0) is 22.8 Å². The predicted octanol–water partition coefficient (Wildman–Crippen LogP) is 3.26. The Morgan fingerprint density at radius 1 is 1.07 bits per heavy atom. The molecule has 0 N–H and O–H groups in total. The van der Waals surface area contributed by atoms with Gasteiger partial charge in [0.05, 0.1) is 11.4 Å². The zero-order chi connectivity index (χ0) is 19.4. The van der Waals surface area contributed by atoms with Crippen LogP contribution in [0, 0.1) is 0 Å². The van der Waals surface area contributed by atoms with Crippen LogP contribution in [0.15, 0.2) is 64.0 Å².